The van der Waals surface area contributed by atoms with E-state index in [0.29, 0.717) is 13.1 Å². The van der Waals surface area contributed by atoms with Gasteiger partial charge in [-0.2, -0.15) is 0 Å². The van der Waals surface area contributed by atoms with Gasteiger partial charge in [-0.05, 0) is 25.9 Å². The van der Waals surface area contributed by atoms with Crippen molar-refractivity contribution in [1.29, 1.82) is 0 Å². The van der Waals surface area contributed by atoms with Crippen LogP contribution in [0.2, 0.25) is 0 Å². The highest BCUT2D eigenvalue weighted by Gasteiger charge is 2.17. The van der Waals surface area contributed by atoms with Gasteiger partial charge in [0.1, 0.15) is 0 Å². The molecule has 0 saturated carbocycles. The molecule has 0 radical (unpaired) electrons. The summed E-state index contributed by atoms with van der Waals surface area (Å²) < 4.78 is 0. The van der Waals surface area contributed by atoms with E-state index < -0.39 is 0 Å². The fourth-order valence-electron chi connectivity index (χ4n) is 2.00. The van der Waals surface area contributed by atoms with Crippen LogP contribution in [0.15, 0.2) is 0 Å². The van der Waals surface area contributed by atoms with Crippen LogP contribution in [0.4, 0.5) is 0 Å². The van der Waals surface area contributed by atoms with Crippen LogP contribution in [0.25, 0.3) is 0 Å². The molecule has 0 aromatic carbocycles. The molecule has 0 aliphatic carbocycles. The fourth-order valence-corrected chi connectivity index (χ4v) is 2.00. The molecule has 6 nitrogen and oxygen atoms in total. The molecule has 0 bridgehead atoms. The van der Waals surface area contributed by atoms with Gasteiger partial charge in [0.05, 0.1) is 13.1 Å². The van der Waals surface area contributed by atoms with Gasteiger partial charge in [-0.15, -0.1) is 0 Å². The third-order valence-corrected chi connectivity index (χ3v) is 3.17. The van der Waals surface area contributed by atoms with Crippen LogP contribution in [0.1, 0.15) is 19.8 Å². The standard InChI is InChI=1S/C13H26N4O2/c1-3-5-15-12(18)10-16(2)13(19)11-17-8-4-6-14-7-9-17/h14H,3-11H2,1-2H3,(H,15,18). The van der Waals surface area contributed by atoms with Crippen LogP contribution in [0.5, 0.6) is 0 Å². The average Bonchev–Trinajstić information content (AvgIpc) is 2.64. The lowest BCUT2D eigenvalue weighted by atomic mass is 10.3. The SMILES string of the molecule is CCCNC(=O)CN(C)C(=O)CN1CCCNCC1. The molecule has 0 spiro atoms. The number of hydrogen-bond acceptors (Lipinski definition) is 4. The molecule has 0 aromatic rings. The van der Waals surface area contributed by atoms with E-state index in [1.165, 1.54) is 4.90 Å². The first-order chi connectivity index (χ1) is 9.13. The predicted octanol–water partition coefficient (Wildman–Crippen LogP) is -0.734. The molecule has 1 heterocycles. The molecule has 0 aromatic heterocycles. The van der Waals surface area contributed by atoms with Gasteiger partial charge in [-0.1, -0.05) is 6.92 Å². The quantitative estimate of drug-likeness (QED) is 0.668. The van der Waals surface area contributed by atoms with Gasteiger partial charge in [-0.3, -0.25) is 14.5 Å². The third-order valence-electron chi connectivity index (χ3n) is 3.17. The van der Waals surface area contributed by atoms with Crippen LogP contribution >= 0.6 is 0 Å². The normalized spacial score (nSPS) is 16.7. The molecule has 19 heavy (non-hydrogen) atoms. The summed E-state index contributed by atoms with van der Waals surface area (Å²) in [4.78, 5) is 27.2. The molecule has 0 atom stereocenters. The van der Waals surface area contributed by atoms with Crippen LogP contribution in [0, 0.1) is 0 Å². The topological polar surface area (TPSA) is 64.7 Å². The number of hydrogen-bond donors (Lipinski definition) is 2. The van der Waals surface area contributed by atoms with E-state index in [2.05, 4.69) is 15.5 Å². The first-order valence-electron chi connectivity index (χ1n) is 7.07. The van der Waals surface area contributed by atoms with Gasteiger partial charge in [0.2, 0.25) is 11.8 Å². The maximum Gasteiger partial charge on any atom is 0.239 e. The second-order valence-corrected chi connectivity index (χ2v) is 4.98. The van der Waals surface area contributed by atoms with Crippen molar-refractivity contribution < 1.29 is 9.59 Å². The van der Waals surface area contributed by atoms with Gasteiger partial charge in [0.15, 0.2) is 0 Å². The fraction of sp³-hybridized carbons (Fsp3) is 0.846. The number of nitrogens with one attached hydrogen (secondary N) is 2. The number of carbonyl (C=O) groups is 2. The summed E-state index contributed by atoms with van der Waals surface area (Å²) in [5.74, 6) is -0.0798. The highest BCUT2D eigenvalue weighted by molar-refractivity contribution is 5.85. The zero-order valence-corrected chi connectivity index (χ0v) is 12.1. The summed E-state index contributed by atoms with van der Waals surface area (Å²) in [6.07, 6.45) is 1.97. The Bertz CT molecular complexity index is 288. The highest BCUT2D eigenvalue weighted by Crippen LogP contribution is 1.97. The Balaban J connectivity index is 2.28. The van der Waals surface area contributed by atoms with Gasteiger partial charge in [0.25, 0.3) is 0 Å². The molecule has 2 N–H and O–H groups in total. The lowest BCUT2D eigenvalue weighted by Gasteiger charge is -2.23. The van der Waals surface area contributed by atoms with Gasteiger partial charge >= 0.3 is 0 Å². The van der Waals surface area contributed by atoms with Crippen molar-refractivity contribution in [2.24, 2.45) is 0 Å². The van der Waals surface area contributed by atoms with Gasteiger partial charge in [0, 0.05) is 26.7 Å². The van der Waals surface area contributed by atoms with E-state index in [4.69, 9.17) is 0 Å². The Morgan fingerprint density at radius 1 is 1.32 bits per heavy atom. The summed E-state index contributed by atoms with van der Waals surface area (Å²) in [6, 6.07) is 0. The number of amides is 2. The van der Waals surface area contributed by atoms with E-state index in [9.17, 15) is 9.59 Å². The second-order valence-electron chi connectivity index (χ2n) is 4.98. The first-order valence-corrected chi connectivity index (χ1v) is 7.07. The summed E-state index contributed by atoms with van der Waals surface area (Å²) >= 11 is 0. The molecule has 1 fully saturated rings. The van der Waals surface area contributed by atoms with Crippen molar-refractivity contribution in [3.63, 3.8) is 0 Å². The Kier molecular flexibility index (Phi) is 7.43. The molecule has 1 aliphatic rings. The van der Waals surface area contributed by atoms with Gasteiger partial charge in [-0.25, -0.2) is 0 Å². The molecule has 0 unspecified atom stereocenters. The Morgan fingerprint density at radius 2 is 2.11 bits per heavy atom. The van der Waals surface area contributed by atoms with Crippen molar-refractivity contribution in [2.45, 2.75) is 19.8 Å². The van der Waals surface area contributed by atoms with E-state index >= 15 is 0 Å². The highest BCUT2D eigenvalue weighted by atomic mass is 16.2. The zero-order chi connectivity index (χ0) is 14.1. The number of nitrogens with zero attached hydrogens (tertiary/aromatic N) is 2. The lowest BCUT2D eigenvalue weighted by molar-refractivity contribution is -0.135. The summed E-state index contributed by atoms with van der Waals surface area (Å²) in [5, 5.41) is 6.08. The summed E-state index contributed by atoms with van der Waals surface area (Å²) in [6.45, 7) is 6.98. The number of likely N-dealkylation sites (N-methyl/N-ethyl adjacent to an activating group) is 1. The molecule has 1 saturated heterocycles. The van der Waals surface area contributed by atoms with E-state index in [0.717, 1.165) is 39.0 Å². The Hall–Kier alpha value is -1.14. The molecular formula is C13H26N4O2. The first kappa shape index (κ1) is 15.9. The maximum absolute atomic E-state index is 12.0. The third kappa shape index (κ3) is 6.54. The molecule has 1 aliphatic heterocycles. The van der Waals surface area contributed by atoms with E-state index in [-0.39, 0.29) is 18.4 Å². The van der Waals surface area contributed by atoms with Crippen LogP contribution in [-0.4, -0.2) is 74.5 Å². The van der Waals surface area contributed by atoms with Crippen LogP contribution in [0.3, 0.4) is 0 Å². The minimum atomic E-state index is -0.0877. The Labute approximate surface area is 115 Å². The molecule has 6 heteroatoms. The minimum absolute atomic E-state index is 0.00792. The predicted molar refractivity (Wildman–Crippen MR) is 74.9 cm³/mol. The lowest BCUT2D eigenvalue weighted by Crippen LogP contribution is -2.44. The van der Waals surface area contributed by atoms with Gasteiger partial charge < -0.3 is 15.5 Å². The molecule has 110 valence electrons. The van der Waals surface area contributed by atoms with Crippen molar-refractivity contribution in [3.8, 4) is 0 Å². The smallest absolute Gasteiger partial charge is 0.239 e. The zero-order valence-electron chi connectivity index (χ0n) is 12.1. The number of carbonyl (C=O) groups excluding carboxylic acids is 2. The van der Waals surface area contributed by atoms with Crippen molar-refractivity contribution in [3.05, 3.63) is 0 Å². The largest absolute Gasteiger partial charge is 0.355 e. The van der Waals surface area contributed by atoms with Crippen LogP contribution < -0.4 is 10.6 Å². The Morgan fingerprint density at radius 3 is 2.84 bits per heavy atom. The van der Waals surface area contributed by atoms with Crippen molar-refractivity contribution >= 4 is 11.8 Å². The molecule has 2 amide bonds. The average molecular weight is 270 g/mol. The summed E-state index contributed by atoms with van der Waals surface area (Å²) in [7, 11) is 1.68. The van der Waals surface area contributed by atoms with Crippen LogP contribution in [-0.2, 0) is 9.59 Å². The summed E-state index contributed by atoms with van der Waals surface area (Å²) in [5.41, 5.74) is 0. The second kappa shape index (κ2) is 8.87. The van der Waals surface area contributed by atoms with Crippen molar-refractivity contribution in [2.75, 3.05) is 52.9 Å². The minimum Gasteiger partial charge on any atom is -0.355 e. The molecule has 1 rings (SSSR count). The maximum atomic E-state index is 12.0. The monoisotopic (exact) mass is 270 g/mol. The number of rotatable bonds is 6. The van der Waals surface area contributed by atoms with E-state index in [1.807, 2.05) is 6.92 Å². The molecular weight excluding hydrogens is 244 g/mol. The van der Waals surface area contributed by atoms with E-state index in [1.54, 1.807) is 7.05 Å². The van der Waals surface area contributed by atoms with Crippen molar-refractivity contribution in [1.82, 2.24) is 20.4 Å².